The molecule has 138 valence electrons. The van der Waals surface area contributed by atoms with Gasteiger partial charge in [0.25, 0.3) is 0 Å². The molecule has 1 unspecified atom stereocenters. The number of rotatable bonds is 9. The molecule has 0 spiro atoms. The second kappa shape index (κ2) is 10.2. The van der Waals surface area contributed by atoms with Crippen LogP contribution < -0.4 is 5.32 Å². The van der Waals surface area contributed by atoms with Crippen LogP contribution in [0.25, 0.3) is 0 Å². The van der Waals surface area contributed by atoms with E-state index in [1.165, 1.54) is 5.56 Å². The van der Waals surface area contributed by atoms with Crippen molar-refractivity contribution in [3.8, 4) is 0 Å². The first-order valence-corrected chi connectivity index (χ1v) is 9.61. The summed E-state index contributed by atoms with van der Waals surface area (Å²) < 4.78 is 0. The lowest BCUT2D eigenvalue weighted by Crippen LogP contribution is -2.35. The predicted octanol–water partition coefficient (Wildman–Crippen LogP) is 4.04. The van der Waals surface area contributed by atoms with Gasteiger partial charge in [-0.2, -0.15) is 0 Å². The number of carboxylic acids is 1. The summed E-state index contributed by atoms with van der Waals surface area (Å²) in [5.74, 6) is 0.370. The molecule has 0 aromatic heterocycles. The number of aliphatic carboxylic acids is 1. The largest absolute Gasteiger partial charge is 0.481 e. The highest BCUT2D eigenvalue weighted by Gasteiger charge is 2.24. The first-order valence-electron chi connectivity index (χ1n) is 9.61. The Balaban J connectivity index is 1.68. The molecule has 4 heteroatoms. The van der Waals surface area contributed by atoms with Gasteiger partial charge in [-0.3, -0.25) is 9.59 Å². The Morgan fingerprint density at radius 1 is 1.12 bits per heavy atom. The molecule has 0 radical (unpaired) electrons. The number of hydrogen-bond donors (Lipinski definition) is 2. The van der Waals surface area contributed by atoms with Crippen LogP contribution in [0.3, 0.4) is 0 Å². The number of amides is 1. The molecule has 1 aromatic rings. The maximum absolute atomic E-state index is 12.5. The molecular weight excluding hydrogens is 314 g/mol. The van der Waals surface area contributed by atoms with E-state index in [0.29, 0.717) is 11.8 Å². The van der Waals surface area contributed by atoms with Gasteiger partial charge in [0.2, 0.25) is 5.91 Å². The van der Waals surface area contributed by atoms with Crippen LogP contribution >= 0.6 is 0 Å². The van der Waals surface area contributed by atoms with Crippen molar-refractivity contribution >= 4 is 11.9 Å². The second-order valence-corrected chi connectivity index (χ2v) is 7.36. The summed E-state index contributed by atoms with van der Waals surface area (Å²) in [5, 5.41) is 12.0. The van der Waals surface area contributed by atoms with Gasteiger partial charge in [0, 0.05) is 18.9 Å². The van der Waals surface area contributed by atoms with Crippen molar-refractivity contribution in [2.45, 2.75) is 58.3 Å². The summed E-state index contributed by atoms with van der Waals surface area (Å²) in [6, 6.07) is 10.3. The number of carbonyl (C=O) groups excluding carboxylic acids is 1. The number of carbonyl (C=O) groups is 2. The molecule has 1 atom stereocenters. The summed E-state index contributed by atoms with van der Waals surface area (Å²) in [7, 11) is 0. The van der Waals surface area contributed by atoms with E-state index >= 15 is 0 Å². The van der Waals surface area contributed by atoms with Crippen molar-refractivity contribution in [3.05, 3.63) is 35.9 Å². The Hall–Kier alpha value is -1.84. The zero-order valence-corrected chi connectivity index (χ0v) is 15.2. The molecule has 2 rings (SSSR count). The molecule has 0 aliphatic heterocycles. The van der Waals surface area contributed by atoms with Crippen LogP contribution in [0.1, 0.15) is 57.4 Å². The van der Waals surface area contributed by atoms with Crippen LogP contribution in [0, 0.1) is 17.8 Å². The SMILES string of the molecule is CCC(CCc1ccccc1)C(=O)NCC1CCC(CC(=O)O)CC1. The minimum Gasteiger partial charge on any atom is -0.481 e. The molecule has 0 heterocycles. The summed E-state index contributed by atoms with van der Waals surface area (Å²) in [5.41, 5.74) is 1.28. The topological polar surface area (TPSA) is 66.4 Å². The van der Waals surface area contributed by atoms with E-state index in [1.54, 1.807) is 0 Å². The van der Waals surface area contributed by atoms with Crippen molar-refractivity contribution < 1.29 is 14.7 Å². The highest BCUT2D eigenvalue weighted by molar-refractivity contribution is 5.78. The number of carboxylic acid groups (broad SMARTS) is 1. The van der Waals surface area contributed by atoms with Gasteiger partial charge in [-0.25, -0.2) is 0 Å². The van der Waals surface area contributed by atoms with Crippen molar-refractivity contribution in [1.82, 2.24) is 5.32 Å². The molecule has 2 N–H and O–H groups in total. The Bertz CT molecular complexity index is 535. The molecule has 0 bridgehead atoms. The third-order valence-electron chi connectivity index (χ3n) is 5.48. The fraction of sp³-hybridized carbons (Fsp3) is 0.619. The zero-order valence-electron chi connectivity index (χ0n) is 15.2. The van der Waals surface area contributed by atoms with E-state index in [4.69, 9.17) is 5.11 Å². The number of hydrogen-bond acceptors (Lipinski definition) is 2. The van der Waals surface area contributed by atoms with Gasteiger partial charge in [0.1, 0.15) is 0 Å². The van der Waals surface area contributed by atoms with Crippen molar-refractivity contribution in [2.75, 3.05) is 6.54 Å². The van der Waals surface area contributed by atoms with E-state index in [-0.39, 0.29) is 18.2 Å². The summed E-state index contributed by atoms with van der Waals surface area (Å²) in [4.78, 5) is 23.2. The molecule has 4 nitrogen and oxygen atoms in total. The summed E-state index contributed by atoms with van der Waals surface area (Å²) >= 11 is 0. The molecule has 1 fully saturated rings. The minimum absolute atomic E-state index is 0.0727. The molecule has 0 saturated heterocycles. The Morgan fingerprint density at radius 3 is 2.36 bits per heavy atom. The standard InChI is InChI=1S/C21H31NO3/c1-2-19(13-12-16-6-4-3-5-7-16)21(25)22-15-18-10-8-17(9-11-18)14-20(23)24/h3-7,17-19H,2,8-15H2,1H3,(H,22,25)(H,23,24). The highest BCUT2D eigenvalue weighted by atomic mass is 16.4. The smallest absolute Gasteiger partial charge is 0.303 e. The van der Waals surface area contributed by atoms with E-state index < -0.39 is 5.97 Å². The summed E-state index contributed by atoms with van der Waals surface area (Å²) in [6.45, 7) is 2.81. The van der Waals surface area contributed by atoms with Crippen LogP contribution in [0.15, 0.2) is 30.3 Å². The lowest BCUT2D eigenvalue weighted by molar-refractivity contribution is -0.138. The first-order chi connectivity index (χ1) is 12.1. The van der Waals surface area contributed by atoms with E-state index in [2.05, 4.69) is 24.4 Å². The average Bonchev–Trinajstić information content (AvgIpc) is 2.62. The van der Waals surface area contributed by atoms with E-state index in [1.807, 2.05) is 18.2 Å². The lowest BCUT2D eigenvalue weighted by Gasteiger charge is -2.28. The van der Waals surface area contributed by atoms with Gasteiger partial charge in [0.05, 0.1) is 0 Å². The zero-order chi connectivity index (χ0) is 18.1. The van der Waals surface area contributed by atoms with Gasteiger partial charge >= 0.3 is 5.97 Å². The maximum atomic E-state index is 12.5. The molecule has 1 saturated carbocycles. The number of benzene rings is 1. The average molecular weight is 345 g/mol. The Labute approximate surface area is 151 Å². The van der Waals surface area contributed by atoms with Gasteiger partial charge in [0.15, 0.2) is 0 Å². The fourth-order valence-electron chi connectivity index (χ4n) is 3.78. The van der Waals surface area contributed by atoms with Crippen LogP contribution in [-0.2, 0) is 16.0 Å². The van der Waals surface area contributed by atoms with Gasteiger partial charge in [-0.1, -0.05) is 37.3 Å². The predicted molar refractivity (Wildman–Crippen MR) is 99.3 cm³/mol. The van der Waals surface area contributed by atoms with Crippen LogP contribution in [-0.4, -0.2) is 23.5 Å². The quantitative estimate of drug-likeness (QED) is 0.710. The molecule has 1 aliphatic carbocycles. The Kier molecular flexibility index (Phi) is 7.96. The normalized spacial score (nSPS) is 21.5. The van der Waals surface area contributed by atoms with Crippen LogP contribution in [0.2, 0.25) is 0 Å². The third kappa shape index (κ3) is 6.89. The number of nitrogens with one attached hydrogen (secondary N) is 1. The number of aryl methyl sites for hydroxylation is 1. The maximum Gasteiger partial charge on any atom is 0.303 e. The highest BCUT2D eigenvalue weighted by Crippen LogP contribution is 2.30. The van der Waals surface area contributed by atoms with Gasteiger partial charge < -0.3 is 10.4 Å². The van der Waals surface area contributed by atoms with Gasteiger partial charge in [-0.15, -0.1) is 0 Å². The molecule has 25 heavy (non-hydrogen) atoms. The molecule has 1 aliphatic rings. The minimum atomic E-state index is -0.694. The second-order valence-electron chi connectivity index (χ2n) is 7.36. The molecular formula is C21H31NO3. The van der Waals surface area contributed by atoms with Crippen molar-refractivity contribution in [2.24, 2.45) is 17.8 Å². The van der Waals surface area contributed by atoms with Crippen LogP contribution in [0.4, 0.5) is 0 Å². The molecule has 1 amide bonds. The van der Waals surface area contributed by atoms with Crippen molar-refractivity contribution in [3.63, 3.8) is 0 Å². The first kappa shape index (κ1) is 19.5. The monoisotopic (exact) mass is 345 g/mol. The van der Waals surface area contributed by atoms with Gasteiger partial charge in [-0.05, 0) is 62.3 Å². The summed E-state index contributed by atoms with van der Waals surface area (Å²) in [6.07, 6.45) is 6.97. The van der Waals surface area contributed by atoms with Crippen LogP contribution in [0.5, 0.6) is 0 Å². The lowest BCUT2D eigenvalue weighted by atomic mass is 9.80. The van der Waals surface area contributed by atoms with E-state index in [9.17, 15) is 9.59 Å². The van der Waals surface area contributed by atoms with Crippen molar-refractivity contribution in [1.29, 1.82) is 0 Å². The Morgan fingerprint density at radius 2 is 1.76 bits per heavy atom. The third-order valence-corrected chi connectivity index (χ3v) is 5.48. The molecule has 1 aromatic carbocycles. The fourth-order valence-corrected chi connectivity index (χ4v) is 3.78. The van der Waals surface area contributed by atoms with E-state index in [0.717, 1.165) is 51.5 Å².